The average molecular weight is 379 g/mol. The van der Waals surface area contributed by atoms with Gasteiger partial charge in [-0.1, -0.05) is 48.0 Å². The molecule has 3 rings (SSSR count). The van der Waals surface area contributed by atoms with E-state index in [0.29, 0.717) is 28.4 Å². The van der Waals surface area contributed by atoms with Crippen LogP contribution in [0.5, 0.6) is 0 Å². The molecule has 0 spiro atoms. The van der Waals surface area contributed by atoms with Crippen molar-refractivity contribution in [1.82, 2.24) is 0 Å². The van der Waals surface area contributed by atoms with Crippen LogP contribution in [0.1, 0.15) is 21.5 Å². The van der Waals surface area contributed by atoms with Crippen LogP contribution in [-0.2, 0) is 11.2 Å². The van der Waals surface area contributed by atoms with E-state index >= 15 is 0 Å². The van der Waals surface area contributed by atoms with E-state index in [1.165, 1.54) is 0 Å². The van der Waals surface area contributed by atoms with Gasteiger partial charge in [-0.3, -0.25) is 9.59 Å². The maximum Gasteiger partial charge on any atom is 0.255 e. The third kappa shape index (κ3) is 4.96. The molecule has 136 valence electrons. The van der Waals surface area contributed by atoms with E-state index in [1.807, 2.05) is 37.3 Å². The molecule has 0 heterocycles. The highest BCUT2D eigenvalue weighted by Crippen LogP contribution is 2.23. The van der Waals surface area contributed by atoms with Crippen molar-refractivity contribution >= 4 is 34.8 Å². The monoisotopic (exact) mass is 378 g/mol. The lowest BCUT2D eigenvalue weighted by atomic mass is 10.1. The Labute approximate surface area is 163 Å². The predicted octanol–water partition coefficient (Wildman–Crippen LogP) is 5.08. The first-order valence-electron chi connectivity index (χ1n) is 8.53. The zero-order valence-corrected chi connectivity index (χ0v) is 15.6. The van der Waals surface area contributed by atoms with Gasteiger partial charge in [0.15, 0.2) is 0 Å². The van der Waals surface area contributed by atoms with Crippen LogP contribution in [0.25, 0.3) is 0 Å². The second kappa shape index (κ2) is 8.52. The van der Waals surface area contributed by atoms with Gasteiger partial charge >= 0.3 is 0 Å². The first kappa shape index (κ1) is 18.7. The smallest absolute Gasteiger partial charge is 0.255 e. The molecule has 0 saturated carbocycles. The van der Waals surface area contributed by atoms with E-state index in [-0.39, 0.29) is 11.8 Å². The summed E-state index contributed by atoms with van der Waals surface area (Å²) in [5, 5.41) is 6.29. The van der Waals surface area contributed by atoms with Crippen LogP contribution in [0.3, 0.4) is 0 Å². The molecule has 0 atom stereocenters. The Kier molecular flexibility index (Phi) is 5.89. The fourth-order valence-corrected chi connectivity index (χ4v) is 2.80. The molecule has 0 unspecified atom stereocenters. The number of carbonyl (C=O) groups is 2. The molecule has 0 saturated heterocycles. The first-order chi connectivity index (χ1) is 13.0. The van der Waals surface area contributed by atoms with Crippen molar-refractivity contribution < 1.29 is 9.59 Å². The van der Waals surface area contributed by atoms with E-state index in [2.05, 4.69) is 10.6 Å². The molecule has 0 radical (unpaired) electrons. The van der Waals surface area contributed by atoms with Gasteiger partial charge < -0.3 is 10.6 Å². The lowest BCUT2D eigenvalue weighted by Crippen LogP contribution is -2.15. The SMILES string of the molecule is Cc1c(Cl)cccc1NC(=O)c1ccc(NC(=O)Cc2ccccc2)cc1. The minimum Gasteiger partial charge on any atom is -0.326 e. The average Bonchev–Trinajstić information content (AvgIpc) is 2.66. The number of hydrogen-bond donors (Lipinski definition) is 2. The van der Waals surface area contributed by atoms with Crippen LogP contribution in [0.2, 0.25) is 5.02 Å². The van der Waals surface area contributed by atoms with Crippen molar-refractivity contribution in [3.05, 3.63) is 94.5 Å². The van der Waals surface area contributed by atoms with Crippen LogP contribution in [0, 0.1) is 6.92 Å². The maximum absolute atomic E-state index is 12.4. The minimum absolute atomic E-state index is 0.104. The lowest BCUT2D eigenvalue weighted by molar-refractivity contribution is -0.115. The lowest BCUT2D eigenvalue weighted by Gasteiger charge is -2.10. The molecule has 0 fully saturated rings. The second-order valence-electron chi connectivity index (χ2n) is 6.15. The fourth-order valence-electron chi connectivity index (χ4n) is 2.63. The summed E-state index contributed by atoms with van der Waals surface area (Å²) in [6.45, 7) is 1.85. The Morgan fingerprint density at radius 2 is 1.56 bits per heavy atom. The molecular formula is C22H19ClN2O2. The Hall–Kier alpha value is -3.11. The summed E-state index contributed by atoms with van der Waals surface area (Å²) < 4.78 is 0. The van der Waals surface area contributed by atoms with E-state index < -0.39 is 0 Å². The number of amides is 2. The highest BCUT2D eigenvalue weighted by atomic mass is 35.5. The van der Waals surface area contributed by atoms with Crippen LogP contribution >= 0.6 is 11.6 Å². The van der Waals surface area contributed by atoms with Crippen molar-refractivity contribution in [1.29, 1.82) is 0 Å². The summed E-state index contributed by atoms with van der Waals surface area (Å²) >= 11 is 6.08. The van der Waals surface area contributed by atoms with Crippen molar-refractivity contribution in [3.63, 3.8) is 0 Å². The molecular weight excluding hydrogens is 360 g/mol. The maximum atomic E-state index is 12.4. The zero-order chi connectivity index (χ0) is 19.2. The fraction of sp³-hybridized carbons (Fsp3) is 0.0909. The number of hydrogen-bond acceptors (Lipinski definition) is 2. The van der Waals surface area contributed by atoms with Gasteiger partial charge in [-0.2, -0.15) is 0 Å². The van der Waals surface area contributed by atoms with Gasteiger partial charge in [0.2, 0.25) is 5.91 Å². The summed E-state index contributed by atoms with van der Waals surface area (Å²) in [5.41, 5.74) is 3.58. The summed E-state index contributed by atoms with van der Waals surface area (Å²) in [6, 6.07) is 21.7. The first-order valence-corrected chi connectivity index (χ1v) is 8.91. The van der Waals surface area contributed by atoms with E-state index in [0.717, 1.165) is 11.1 Å². The molecule has 5 heteroatoms. The number of benzene rings is 3. The summed E-state index contributed by atoms with van der Waals surface area (Å²) in [7, 11) is 0. The van der Waals surface area contributed by atoms with Gasteiger partial charge in [-0.25, -0.2) is 0 Å². The number of nitrogens with one attached hydrogen (secondary N) is 2. The van der Waals surface area contributed by atoms with Crippen LogP contribution in [0.4, 0.5) is 11.4 Å². The normalized spacial score (nSPS) is 10.3. The Morgan fingerprint density at radius 1 is 0.852 bits per heavy atom. The predicted molar refractivity (Wildman–Crippen MR) is 109 cm³/mol. The van der Waals surface area contributed by atoms with E-state index in [9.17, 15) is 9.59 Å². The summed E-state index contributed by atoms with van der Waals surface area (Å²) in [5.74, 6) is -0.338. The Morgan fingerprint density at radius 3 is 2.26 bits per heavy atom. The summed E-state index contributed by atoms with van der Waals surface area (Å²) in [4.78, 5) is 24.5. The standard InChI is InChI=1S/C22H19ClN2O2/c1-15-19(23)8-5-9-20(15)25-22(27)17-10-12-18(13-11-17)24-21(26)14-16-6-3-2-4-7-16/h2-13H,14H2,1H3,(H,24,26)(H,25,27). The van der Waals surface area contributed by atoms with Gasteiger partial charge in [-0.05, 0) is 54.4 Å². The van der Waals surface area contributed by atoms with Gasteiger partial charge in [-0.15, -0.1) is 0 Å². The van der Waals surface area contributed by atoms with Gasteiger partial charge in [0, 0.05) is 22.0 Å². The zero-order valence-electron chi connectivity index (χ0n) is 14.8. The highest BCUT2D eigenvalue weighted by molar-refractivity contribution is 6.31. The molecule has 0 aromatic heterocycles. The molecule has 0 bridgehead atoms. The van der Waals surface area contributed by atoms with Crippen molar-refractivity contribution in [3.8, 4) is 0 Å². The van der Waals surface area contributed by atoms with Gasteiger partial charge in [0.05, 0.1) is 6.42 Å². The van der Waals surface area contributed by atoms with Crippen LogP contribution in [-0.4, -0.2) is 11.8 Å². The molecule has 0 aliphatic heterocycles. The van der Waals surface area contributed by atoms with Crippen LogP contribution in [0.15, 0.2) is 72.8 Å². The molecule has 0 aliphatic carbocycles. The Bertz CT molecular complexity index is 954. The molecule has 2 N–H and O–H groups in total. The third-order valence-electron chi connectivity index (χ3n) is 4.15. The van der Waals surface area contributed by atoms with Gasteiger partial charge in [0.25, 0.3) is 5.91 Å². The molecule has 2 amide bonds. The number of rotatable bonds is 5. The quantitative estimate of drug-likeness (QED) is 0.650. The van der Waals surface area contributed by atoms with E-state index in [4.69, 9.17) is 11.6 Å². The van der Waals surface area contributed by atoms with Crippen molar-refractivity contribution in [2.24, 2.45) is 0 Å². The molecule has 3 aromatic rings. The molecule has 4 nitrogen and oxygen atoms in total. The molecule has 27 heavy (non-hydrogen) atoms. The molecule has 3 aromatic carbocycles. The van der Waals surface area contributed by atoms with Gasteiger partial charge in [0.1, 0.15) is 0 Å². The molecule has 0 aliphatic rings. The van der Waals surface area contributed by atoms with Crippen molar-refractivity contribution in [2.45, 2.75) is 13.3 Å². The topological polar surface area (TPSA) is 58.2 Å². The summed E-state index contributed by atoms with van der Waals surface area (Å²) in [6.07, 6.45) is 0.303. The number of anilines is 2. The Balaban J connectivity index is 1.62. The second-order valence-corrected chi connectivity index (χ2v) is 6.56. The number of carbonyl (C=O) groups excluding carboxylic acids is 2. The van der Waals surface area contributed by atoms with Crippen LogP contribution < -0.4 is 10.6 Å². The van der Waals surface area contributed by atoms with E-state index in [1.54, 1.807) is 42.5 Å². The largest absolute Gasteiger partial charge is 0.326 e. The third-order valence-corrected chi connectivity index (χ3v) is 4.56. The number of halogens is 1. The highest BCUT2D eigenvalue weighted by Gasteiger charge is 2.10. The van der Waals surface area contributed by atoms with Crippen molar-refractivity contribution in [2.75, 3.05) is 10.6 Å². The minimum atomic E-state index is -0.234.